The molecule has 1 aromatic carbocycles. The fourth-order valence-electron chi connectivity index (χ4n) is 3.74. The summed E-state index contributed by atoms with van der Waals surface area (Å²) >= 11 is 0. The maximum absolute atomic E-state index is 13.4. The van der Waals surface area contributed by atoms with E-state index in [0.717, 1.165) is 5.56 Å². The lowest BCUT2D eigenvalue weighted by Crippen LogP contribution is -2.68. The van der Waals surface area contributed by atoms with Crippen molar-refractivity contribution in [3.05, 3.63) is 48.0 Å². The van der Waals surface area contributed by atoms with E-state index in [1.807, 2.05) is 13.1 Å². The summed E-state index contributed by atoms with van der Waals surface area (Å²) in [5.74, 6) is -0.374. The van der Waals surface area contributed by atoms with Gasteiger partial charge in [-0.1, -0.05) is 13.0 Å². The minimum absolute atomic E-state index is 0.0145. The molecule has 7 nitrogen and oxygen atoms in total. The van der Waals surface area contributed by atoms with Gasteiger partial charge in [0.15, 0.2) is 0 Å². The quantitative estimate of drug-likeness (QED) is 0.868. The van der Waals surface area contributed by atoms with Crippen molar-refractivity contribution >= 4 is 11.8 Å². The Morgan fingerprint density at radius 1 is 1.30 bits per heavy atom. The van der Waals surface area contributed by atoms with Crippen LogP contribution in [0.5, 0.6) is 0 Å². The Morgan fingerprint density at radius 3 is 2.93 bits per heavy atom. The van der Waals surface area contributed by atoms with Gasteiger partial charge in [0.2, 0.25) is 11.8 Å². The Hall–Kier alpha value is -2.74. The van der Waals surface area contributed by atoms with E-state index in [-0.39, 0.29) is 17.6 Å². The van der Waals surface area contributed by atoms with Crippen LogP contribution in [-0.4, -0.2) is 63.1 Å². The molecule has 0 bridgehead atoms. The van der Waals surface area contributed by atoms with Gasteiger partial charge in [-0.25, -0.2) is 9.07 Å². The second-order valence-electron chi connectivity index (χ2n) is 7.02. The number of nitrogens with one attached hydrogen (secondary N) is 1. The van der Waals surface area contributed by atoms with Crippen LogP contribution in [0.15, 0.2) is 36.7 Å². The zero-order valence-corrected chi connectivity index (χ0v) is 15.1. The molecular formula is C19H22FN5O2. The molecule has 1 aromatic heterocycles. The molecule has 4 rings (SSSR count). The van der Waals surface area contributed by atoms with Crippen LogP contribution in [0.25, 0.3) is 5.69 Å². The monoisotopic (exact) mass is 371 g/mol. The van der Waals surface area contributed by atoms with E-state index in [4.69, 9.17) is 0 Å². The SMILES string of the molecule is CC[C@@H]1NC(=O)[C@H]2CN(Cc3cnn(-c4cccc(F)c4)c3)CCN2C1=O. The second kappa shape index (κ2) is 7.11. The molecule has 2 fully saturated rings. The summed E-state index contributed by atoms with van der Waals surface area (Å²) in [6.07, 6.45) is 4.22. The Bertz CT molecular complexity index is 867. The van der Waals surface area contributed by atoms with Crippen LogP contribution in [0.2, 0.25) is 0 Å². The molecule has 1 N–H and O–H groups in total. The summed E-state index contributed by atoms with van der Waals surface area (Å²) in [5.41, 5.74) is 1.63. The van der Waals surface area contributed by atoms with Crippen LogP contribution in [0.1, 0.15) is 18.9 Å². The van der Waals surface area contributed by atoms with Crippen molar-refractivity contribution in [3.63, 3.8) is 0 Å². The van der Waals surface area contributed by atoms with E-state index in [9.17, 15) is 14.0 Å². The van der Waals surface area contributed by atoms with E-state index in [0.29, 0.717) is 38.3 Å². The summed E-state index contributed by atoms with van der Waals surface area (Å²) in [5, 5.41) is 7.12. The first-order valence-corrected chi connectivity index (χ1v) is 9.18. The lowest BCUT2D eigenvalue weighted by Gasteiger charge is -2.45. The number of benzene rings is 1. The molecule has 142 valence electrons. The summed E-state index contributed by atoms with van der Waals surface area (Å²) in [4.78, 5) is 28.7. The fraction of sp³-hybridized carbons (Fsp3) is 0.421. The molecule has 0 spiro atoms. The molecule has 0 saturated carbocycles. The fourth-order valence-corrected chi connectivity index (χ4v) is 3.74. The molecule has 0 unspecified atom stereocenters. The third-order valence-corrected chi connectivity index (χ3v) is 5.19. The third-order valence-electron chi connectivity index (χ3n) is 5.19. The molecule has 8 heteroatoms. The van der Waals surface area contributed by atoms with Gasteiger partial charge < -0.3 is 10.2 Å². The lowest BCUT2D eigenvalue weighted by atomic mass is 10.0. The maximum Gasteiger partial charge on any atom is 0.245 e. The lowest BCUT2D eigenvalue weighted by molar-refractivity contribution is -0.153. The number of piperazine rings is 2. The molecule has 0 radical (unpaired) electrons. The number of halogens is 1. The molecule has 3 heterocycles. The first-order valence-electron chi connectivity index (χ1n) is 9.18. The number of rotatable bonds is 4. The van der Waals surface area contributed by atoms with Gasteiger partial charge in [0, 0.05) is 37.9 Å². The molecule has 2 saturated heterocycles. The largest absolute Gasteiger partial charge is 0.342 e. The van der Waals surface area contributed by atoms with Gasteiger partial charge in [-0.2, -0.15) is 5.10 Å². The van der Waals surface area contributed by atoms with Crippen molar-refractivity contribution in [2.75, 3.05) is 19.6 Å². The van der Waals surface area contributed by atoms with Gasteiger partial charge in [-0.15, -0.1) is 0 Å². The van der Waals surface area contributed by atoms with Crippen LogP contribution < -0.4 is 5.32 Å². The highest BCUT2D eigenvalue weighted by Gasteiger charge is 2.42. The zero-order valence-electron chi connectivity index (χ0n) is 15.1. The van der Waals surface area contributed by atoms with Crippen LogP contribution >= 0.6 is 0 Å². The van der Waals surface area contributed by atoms with Gasteiger partial charge in [-0.05, 0) is 24.6 Å². The number of fused-ring (bicyclic) bond motifs is 1. The highest BCUT2D eigenvalue weighted by atomic mass is 19.1. The first-order chi connectivity index (χ1) is 13.0. The second-order valence-corrected chi connectivity index (χ2v) is 7.02. The summed E-state index contributed by atoms with van der Waals surface area (Å²) in [7, 11) is 0. The van der Waals surface area contributed by atoms with Crippen LogP contribution in [0.3, 0.4) is 0 Å². The van der Waals surface area contributed by atoms with Crippen molar-refractivity contribution in [2.45, 2.75) is 32.0 Å². The summed E-state index contributed by atoms with van der Waals surface area (Å²) < 4.78 is 15.0. The van der Waals surface area contributed by atoms with Crippen molar-refractivity contribution in [1.29, 1.82) is 0 Å². The highest BCUT2D eigenvalue weighted by molar-refractivity contribution is 5.97. The Labute approximate surface area is 156 Å². The molecular weight excluding hydrogens is 349 g/mol. The average Bonchev–Trinajstić information content (AvgIpc) is 3.13. The minimum Gasteiger partial charge on any atom is -0.342 e. The molecule has 2 aromatic rings. The van der Waals surface area contributed by atoms with Crippen molar-refractivity contribution in [3.8, 4) is 5.69 Å². The van der Waals surface area contributed by atoms with E-state index >= 15 is 0 Å². The zero-order chi connectivity index (χ0) is 19.0. The molecule has 0 aliphatic carbocycles. The Balaban J connectivity index is 1.43. The van der Waals surface area contributed by atoms with E-state index in [2.05, 4.69) is 15.3 Å². The van der Waals surface area contributed by atoms with E-state index in [1.165, 1.54) is 12.1 Å². The van der Waals surface area contributed by atoms with Gasteiger partial charge in [0.05, 0.1) is 11.9 Å². The number of hydrogen-bond donors (Lipinski definition) is 1. The predicted molar refractivity (Wildman–Crippen MR) is 96.5 cm³/mol. The number of amides is 2. The van der Waals surface area contributed by atoms with Crippen LogP contribution in [-0.2, 0) is 16.1 Å². The number of hydrogen-bond acceptors (Lipinski definition) is 4. The van der Waals surface area contributed by atoms with Crippen LogP contribution in [0.4, 0.5) is 4.39 Å². The predicted octanol–water partition coefficient (Wildman–Crippen LogP) is 0.933. The molecule has 2 amide bonds. The Kier molecular flexibility index (Phi) is 4.65. The van der Waals surface area contributed by atoms with Gasteiger partial charge in [0.25, 0.3) is 0 Å². The molecule has 2 aliphatic heterocycles. The summed E-state index contributed by atoms with van der Waals surface area (Å²) in [6, 6.07) is 5.43. The standard InChI is InChI=1S/C19H22FN5O2/c1-2-16-19(27)24-7-6-23(12-17(24)18(26)22-16)10-13-9-21-25(11-13)15-5-3-4-14(20)8-15/h3-5,8-9,11,16-17H,2,6-7,10,12H2,1H3,(H,22,26)/t16-,17+/m0/s1. The van der Waals surface area contributed by atoms with Gasteiger partial charge in [-0.3, -0.25) is 14.5 Å². The van der Waals surface area contributed by atoms with Crippen molar-refractivity contribution < 1.29 is 14.0 Å². The van der Waals surface area contributed by atoms with E-state index in [1.54, 1.807) is 27.9 Å². The molecule has 2 aliphatic rings. The van der Waals surface area contributed by atoms with E-state index < -0.39 is 12.1 Å². The number of nitrogens with zero attached hydrogens (tertiary/aromatic N) is 4. The van der Waals surface area contributed by atoms with Gasteiger partial charge >= 0.3 is 0 Å². The third kappa shape index (κ3) is 3.44. The number of aromatic nitrogens is 2. The maximum atomic E-state index is 13.4. The van der Waals surface area contributed by atoms with Crippen molar-refractivity contribution in [1.82, 2.24) is 24.9 Å². The van der Waals surface area contributed by atoms with Crippen LogP contribution in [0, 0.1) is 5.82 Å². The topological polar surface area (TPSA) is 70.5 Å². The normalized spacial score (nSPS) is 23.3. The number of carbonyl (C=O) groups is 2. The first kappa shape index (κ1) is 17.7. The average molecular weight is 371 g/mol. The Morgan fingerprint density at radius 2 is 2.15 bits per heavy atom. The van der Waals surface area contributed by atoms with Gasteiger partial charge in [0.1, 0.15) is 17.9 Å². The molecule has 2 atom stereocenters. The highest BCUT2D eigenvalue weighted by Crippen LogP contribution is 2.19. The smallest absolute Gasteiger partial charge is 0.245 e. The number of carbonyl (C=O) groups excluding carboxylic acids is 2. The summed E-state index contributed by atoms with van der Waals surface area (Å²) in [6.45, 7) is 4.27. The van der Waals surface area contributed by atoms with Crippen molar-refractivity contribution in [2.24, 2.45) is 0 Å². The molecule has 27 heavy (non-hydrogen) atoms. The minimum atomic E-state index is -0.438.